The molecule has 8 heteroatoms. The van der Waals surface area contributed by atoms with E-state index in [1.54, 1.807) is 24.5 Å². The molecule has 2 aromatic rings. The Morgan fingerprint density at radius 3 is 2.36 bits per heavy atom. The summed E-state index contributed by atoms with van der Waals surface area (Å²) in [7, 11) is 0. The maximum Gasteiger partial charge on any atom is 0.244 e. The summed E-state index contributed by atoms with van der Waals surface area (Å²) in [5.74, 6) is 1.14. The van der Waals surface area contributed by atoms with Crippen molar-refractivity contribution in [2.75, 3.05) is 37.6 Å². The molecule has 1 atom stereocenters. The highest BCUT2D eigenvalue weighted by molar-refractivity contribution is 6.03. The summed E-state index contributed by atoms with van der Waals surface area (Å²) in [6, 6.07) is 8.36. The van der Waals surface area contributed by atoms with Gasteiger partial charge in [-0.1, -0.05) is 44.4 Å². The van der Waals surface area contributed by atoms with Gasteiger partial charge in [0.1, 0.15) is 12.4 Å². The van der Waals surface area contributed by atoms with E-state index in [2.05, 4.69) is 27.9 Å². The predicted molar refractivity (Wildman–Crippen MR) is 139 cm³/mol. The third kappa shape index (κ3) is 5.42. The van der Waals surface area contributed by atoms with Gasteiger partial charge in [-0.25, -0.2) is 14.4 Å². The molecule has 1 saturated heterocycles. The van der Waals surface area contributed by atoms with Crippen LogP contribution in [0.25, 0.3) is 0 Å². The van der Waals surface area contributed by atoms with Crippen molar-refractivity contribution >= 4 is 17.6 Å². The highest BCUT2D eigenvalue weighted by atomic mass is 19.1. The van der Waals surface area contributed by atoms with Crippen LogP contribution in [-0.2, 0) is 4.79 Å². The van der Waals surface area contributed by atoms with Crippen LogP contribution >= 0.6 is 0 Å². The summed E-state index contributed by atoms with van der Waals surface area (Å²) in [5, 5.41) is 7.02. The molecule has 3 heterocycles. The number of piperazine rings is 1. The molecule has 36 heavy (non-hydrogen) atoms. The van der Waals surface area contributed by atoms with Crippen molar-refractivity contribution in [1.29, 1.82) is 0 Å². The summed E-state index contributed by atoms with van der Waals surface area (Å²) in [6.45, 7) is 5.09. The Balaban J connectivity index is 1.34. The quantitative estimate of drug-likeness (QED) is 0.598. The van der Waals surface area contributed by atoms with Crippen molar-refractivity contribution in [3.63, 3.8) is 0 Å². The van der Waals surface area contributed by atoms with Crippen molar-refractivity contribution < 1.29 is 9.18 Å². The topological polar surface area (TPSA) is 64.9 Å². The molecule has 190 valence electrons. The van der Waals surface area contributed by atoms with E-state index >= 15 is 0 Å². The highest BCUT2D eigenvalue weighted by Gasteiger charge is 2.32. The number of nitrogens with zero attached hydrogens (tertiary/aromatic N) is 6. The van der Waals surface area contributed by atoms with Crippen molar-refractivity contribution in [3.05, 3.63) is 65.9 Å². The molecule has 0 spiro atoms. The Morgan fingerprint density at radius 2 is 1.69 bits per heavy atom. The number of benzene rings is 1. The van der Waals surface area contributed by atoms with Crippen LogP contribution in [-0.4, -0.2) is 64.2 Å². The molecular formula is C28H35FN6O. The van der Waals surface area contributed by atoms with Gasteiger partial charge in [0, 0.05) is 56.1 Å². The minimum Gasteiger partial charge on any atom is -0.338 e. The molecule has 1 aromatic heterocycles. The number of aromatic nitrogens is 2. The molecule has 2 fully saturated rings. The molecule has 3 aliphatic rings. The van der Waals surface area contributed by atoms with Crippen LogP contribution in [0.2, 0.25) is 0 Å². The SMILES string of the molecule is CCC1C=C(C2CCCCC2)N(CC(=O)N2CCN(c3ncccn3)CC2)N=C1c1ccc(F)cc1. The molecule has 0 bridgehead atoms. The minimum atomic E-state index is -0.256. The van der Waals surface area contributed by atoms with Crippen molar-refractivity contribution in [1.82, 2.24) is 19.9 Å². The van der Waals surface area contributed by atoms with Gasteiger partial charge in [-0.3, -0.25) is 9.80 Å². The molecule has 1 aliphatic carbocycles. The van der Waals surface area contributed by atoms with E-state index in [0.717, 1.165) is 30.5 Å². The van der Waals surface area contributed by atoms with Gasteiger partial charge in [-0.15, -0.1) is 0 Å². The van der Waals surface area contributed by atoms with Crippen molar-refractivity contribution in [3.8, 4) is 0 Å². The number of carbonyl (C=O) groups excluding carboxylic acids is 1. The number of rotatable bonds is 6. The third-order valence-electron chi connectivity index (χ3n) is 7.61. The summed E-state index contributed by atoms with van der Waals surface area (Å²) < 4.78 is 13.6. The lowest BCUT2D eigenvalue weighted by atomic mass is 9.83. The van der Waals surface area contributed by atoms with Gasteiger partial charge in [0.05, 0.1) is 5.71 Å². The first-order valence-electron chi connectivity index (χ1n) is 13.3. The van der Waals surface area contributed by atoms with Crippen LogP contribution in [0.5, 0.6) is 0 Å². The number of hydrogen-bond acceptors (Lipinski definition) is 6. The first kappa shape index (κ1) is 24.4. The number of hydrazone groups is 1. The second kappa shape index (κ2) is 11.2. The van der Waals surface area contributed by atoms with E-state index in [0.29, 0.717) is 38.0 Å². The first-order valence-corrected chi connectivity index (χ1v) is 13.3. The van der Waals surface area contributed by atoms with Crippen LogP contribution in [0.3, 0.4) is 0 Å². The van der Waals surface area contributed by atoms with Gasteiger partial charge in [-0.05, 0) is 43.0 Å². The predicted octanol–water partition coefficient (Wildman–Crippen LogP) is 4.47. The summed E-state index contributed by atoms with van der Waals surface area (Å²) >= 11 is 0. The summed E-state index contributed by atoms with van der Waals surface area (Å²) in [6.07, 6.45) is 12.7. The molecule has 5 rings (SSSR count). The van der Waals surface area contributed by atoms with Crippen LogP contribution in [0.1, 0.15) is 51.0 Å². The molecule has 1 amide bonds. The molecule has 1 aromatic carbocycles. The van der Waals surface area contributed by atoms with Gasteiger partial charge >= 0.3 is 0 Å². The van der Waals surface area contributed by atoms with Gasteiger partial charge in [0.25, 0.3) is 0 Å². The highest BCUT2D eigenvalue weighted by Crippen LogP contribution is 2.36. The van der Waals surface area contributed by atoms with Crippen LogP contribution < -0.4 is 4.90 Å². The lowest BCUT2D eigenvalue weighted by Gasteiger charge is -2.38. The number of halogens is 1. The minimum absolute atomic E-state index is 0.0856. The number of anilines is 1. The number of carbonyl (C=O) groups is 1. The van der Waals surface area contributed by atoms with Crippen LogP contribution in [0.15, 0.2) is 59.6 Å². The van der Waals surface area contributed by atoms with Gasteiger partial charge in [0.15, 0.2) is 0 Å². The summed E-state index contributed by atoms with van der Waals surface area (Å²) in [4.78, 5) is 26.2. The molecule has 0 radical (unpaired) electrons. The molecule has 1 saturated carbocycles. The molecule has 1 unspecified atom stereocenters. The fourth-order valence-electron chi connectivity index (χ4n) is 5.55. The fourth-order valence-corrected chi connectivity index (χ4v) is 5.55. The summed E-state index contributed by atoms with van der Waals surface area (Å²) in [5.41, 5.74) is 3.02. The van der Waals surface area contributed by atoms with Crippen molar-refractivity contribution in [2.24, 2.45) is 16.9 Å². The zero-order valence-corrected chi connectivity index (χ0v) is 21.0. The lowest BCUT2D eigenvalue weighted by molar-refractivity contribution is -0.132. The lowest BCUT2D eigenvalue weighted by Crippen LogP contribution is -2.51. The normalized spacial score (nSPS) is 21.3. The molecule has 7 nitrogen and oxygen atoms in total. The van der Waals surface area contributed by atoms with Gasteiger partial charge in [-0.2, -0.15) is 5.10 Å². The Bertz CT molecular complexity index is 1090. The van der Waals surface area contributed by atoms with Gasteiger partial charge < -0.3 is 9.80 Å². The molecular weight excluding hydrogens is 455 g/mol. The number of allylic oxidation sites excluding steroid dienone is 2. The Morgan fingerprint density at radius 1 is 1.00 bits per heavy atom. The third-order valence-corrected chi connectivity index (χ3v) is 7.61. The van der Waals surface area contributed by atoms with E-state index in [1.807, 2.05) is 16.0 Å². The second-order valence-electron chi connectivity index (χ2n) is 9.91. The first-order chi connectivity index (χ1) is 17.6. The maximum atomic E-state index is 13.6. The zero-order chi connectivity index (χ0) is 24.9. The van der Waals surface area contributed by atoms with E-state index < -0.39 is 0 Å². The largest absolute Gasteiger partial charge is 0.338 e. The fraction of sp³-hybridized carbons (Fsp3) is 0.500. The van der Waals surface area contributed by atoms with Gasteiger partial charge in [0.2, 0.25) is 11.9 Å². The maximum absolute atomic E-state index is 13.6. The zero-order valence-electron chi connectivity index (χ0n) is 21.0. The average Bonchev–Trinajstić information content (AvgIpc) is 2.94. The number of hydrogen-bond donors (Lipinski definition) is 0. The Labute approximate surface area is 212 Å². The van der Waals surface area contributed by atoms with E-state index in [-0.39, 0.29) is 24.2 Å². The van der Waals surface area contributed by atoms with Crippen molar-refractivity contribution in [2.45, 2.75) is 45.4 Å². The van der Waals surface area contributed by atoms with E-state index in [9.17, 15) is 9.18 Å². The second-order valence-corrected chi connectivity index (χ2v) is 9.91. The molecule has 0 N–H and O–H groups in total. The standard InChI is InChI=1S/C28H35FN6O/c1-2-21-19-25(22-7-4-3-5-8-22)35(32-27(21)23-9-11-24(29)12-10-23)20-26(36)33-15-17-34(18-16-33)28-30-13-6-14-31-28/h6,9-14,19,21-22H,2-5,7-8,15-18,20H2,1H3. The van der Waals surface area contributed by atoms with Crippen LogP contribution in [0.4, 0.5) is 10.3 Å². The molecule has 2 aliphatic heterocycles. The smallest absolute Gasteiger partial charge is 0.244 e. The Hall–Kier alpha value is -3.29. The number of amides is 1. The van der Waals surface area contributed by atoms with E-state index in [4.69, 9.17) is 5.10 Å². The monoisotopic (exact) mass is 490 g/mol. The average molecular weight is 491 g/mol. The van der Waals surface area contributed by atoms with Crippen LogP contribution in [0, 0.1) is 17.7 Å². The van der Waals surface area contributed by atoms with E-state index in [1.165, 1.54) is 37.1 Å². The Kier molecular flexibility index (Phi) is 7.58.